The van der Waals surface area contributed by atoms with Gasteiger partial charge in [-0.2, -0.15) is 0 Å². The Bertz CT molecular complexity index is 335. The quantitative estimate of drug-likeness (QED) is 0.847. The van der Waals surface area contributed by atoms with Crippen molar-refractivity contribution in [3.05, 3.63) is 0 Å². The topological polar surface area (TPSA) is 46.2 Å². The van der Waals surface area contributed by atoms with Crippen molar-refractivity contribution in [2.45, 2.75) is 64.8 Å². The second-order valence-electron chi connectivity index (χ2n) is 6.17. The zero-order valence-electron chi connectivity index (χ0n) is 11.7. The predicted octanol–water partition coefficient (Wildman–Crippen LogP) is 2.22. The van der Waals surface area contributed by atoms with E-state index in [1.807, 2.05) is 13.8 Å². The van der Waals surface area contributed by atoms with Crippen molar-refractivity contribution in [3.8, 4) is 0 Å². The molecule has 0 radical (unpaired) electrons. The highest BCUT2D eigenvalue weighted by atomic mass is 32.2. The van der Waals surface area contributed by atoms with E-state index in [4.69, 9.17) is 0 Å². The minimum Gasteiger partial charge on any atom is -0.310 e. The number of rotatable bonds is 3. The fraction of sp³-hybridized carbons (Fsp3) is 1.00. The van der Waals surface area contributed by atoms with Crippen molar-refractivity contribution >= 4 is 9.84 Å². The highest BCUT2D eigenvalue weighted by Gasteiger charge is 2.38. The van der Waals surface area contributed by atoms with Crippen molar-refractivity contribution in [1.29, 1.82) is 0 Å². The van der Waals surface area contributed by atoms with Gasteiger partial charge in [-0.3, -0.25) is 0 Å². The smallest absolute Gasteiger partial charge is 0.155 e. The summed E-state index contributed by atoms with van der Waals surface area (Å²) < 4.78 is 24.7. The summed E-state index contributed by atoms with van der Waals surface area (Å²) in [4.78, 5) is 0. The molecule has 0 spiro atoms. The molecule has 0 aromatic heterocycles. The minimum atomic E-state index is -2.95. The Morgan fingerprint density at radius 2 is 1.82 bits per heavy atom. The molecule has 1 aliphatic rings. The molecule has 17 heavy (non-hydrogen) atoms. The zero-order valence-corrected chi connectivity index (χ0v) is 12.5. The van der Waals surface area contributed by atoms with Gasteiger partial charge in [0.1, 0.15) is 0 Å². The molecule has 0 saturated carbocycles. The number of hydrogen-bond donors (Lipinski definition) is 1. The summed E-state index contributed by atoms with van der Waals surface area (Å²) in [7, 11) is -2.95. The molecule has 0 amide bonds. The molecule has 0 aromatic carbocycles. The van der Waals surface area contributed by atoms with Crippen LogP contribution in [0.4, 0.5) is 0 Å². The third-order valence-corrected chi connectivity index (χ3v) is 6.03. The van der Waals surface area contributed by atoms with Crippen molar-refractivity contribution in [2.24, 2.45) is 11.8 Å². The minimum absolute atomic E-state index is 0.109. The molecule has 0 bridgehead atoms. The molecular formula is C13H27NO2S. The van der Waals surface area contributed by atoms with Crippen LogP contribution in [0.1, 0.15) is 47.5 Å². The van der Waals surface area contributed by atoms with Gasteiger partial charge in [0.15, 0.2) is 9.84 Å². The molecule has 0 aromatic rings. The van der Waals surface area contributed by atoms with Gasteiger partial charge in [-0.05, 0) is 31.6 Å². The first kappa shape index (κ1) is 15.0. The third kappa shape index (κ3) is 3.95. The standard InChI is InChI=1S/C13H27NO2S/c1-9(2)8-12-13(10(3)4)17(15,16)7-6-11(5)14-12/h9-14H,6-8H2,1-5H3. The molecule has 0 aliphatic carbocycles. The second kappa shape index (κ2) is 5.70. The first-order chi connectivity index (χ1) is 7.74. The van der Waals surface area contributed by atoms with Crippen molar-refractivity contribution in [2.75, 3.05) is 5.75 Å². The van der Waals surface area contributed by atoms with Crippen molar-refractivity contribution in [3.63, 3.8) is 0 Å². The highest BCUT2D eigenvalue weighted by Crippen LogP contribution is 2.26. The van der Waals surface area contributed by atoms with Crippen LogP contribution in [0.2, 0.25) is 0 Å². The SMILES string of the molecule is CC(C)CC1NC(C)CCS(=O)(=O)C1C(C)C. The first-order valence-electron chi connectivity index (χ1n) is 6.71. The van der Waals surface area contributed by atoms with Gasteiger partial charge in [0, 0.05) is 12.1 Å². The lowest BCUT2D eigenvalue weighted by Gasteiger charge is -2.30. The van der Waals surface area contributed by atoms with Crippen LogP contribution in [0.15, 0.2) is 0 Å². The molecule has 1 heterocycles. The zero-order chi connectivity index (χ0) is 13.2. The van der Waals surface area contributed by atoms with Crippen molar-refractivity contribution in [1.82, 2.24) is 5.32 Å². The monoisotopic (exact) mass is 261 g/mol. The van der Waals surface area contributed by atoms with Crippen LogP contribution >= 0.6 is 0 Å². The lowest BCUT2D eigenvalue weighted by atomic mass is 9.94. The number of nitrogens with one attached hydrogen (secondary N) is 1. The van der Waals surface area contributed by atoms with Crippen LogP contribution in [0, 0.1) is 11.8 Å². The molecule has 3 unspecified atom stereocenters. The van der Waals surface area contributed by atoms with E-state index in [1.54, 1.807) is 0 Å². The van der Waals surface area contributed by atoms with Gasteiger partial charge in [0.25, 0.3) is 0 Å². The van der Waals surface area contributed by atoms with Crippen LogP contribution in [-0.4, -0.2) is 31.5 Å². The first-order valence-corrected chi connectivity index (χ1v) is 8.43. The van der Waals surface area contributed by atoms with E-state index < -0.39 is 9.84 Å². The predicted molar refractivity (Wildman–Crippen MR) is 72.9 cm³/mol. The molecule has 1 aliphatic heterocycles. The average Bonchev–Trinajstić information content (AvgIpc) is 2.22. The maximum Gasteiger partial charge on any atom is 0.155 e. The van der Waals surface area contributed by atoms with Gasteiger partial charge >= 0.3 is 0 Å². The lowest BCUT2D eigenvalue weighted by molar-refractivity contribution is 0.340. The fourth-order valence-corrected chi connectivity index (χ4v) is 5.33. The van der Waals surface area contributed by atoms with E-state index in [0.717, 1.165) is 12.8 Å². The Kier molecular flexibility index (Phi) is 5.02. The Morgan fingerprint density at radius 1 is 1.24 bits per heavy atom. The normalized spacial score (nSPS) is 33.9. The van der Waals surface area contributed by atoms with E-state index in [-0.39, 0.29) is 17.2 Å². The summed E-state index contributed by atoms with van der Waals surface area (Å²) in [6.45, 7) is 10.4. The summed E-state index contributed by atoms with van der Waals surface area (Å²) in [5.74, 6) is 1.04. The molecule has 1 rings (SSSR count). The van der Waals surface area contributed by atoms with E-state index in [1.165, 1.54) is 0 Å². The van der Waals surface area contributed by atoms with Gasteiger partial charge in [0.2, 0.25) is 0 Å². The summed E-state index contributed by atoms with van der Waals surface area (Å²) in [6, 6.07) is 0.412. The van der Waals surface area contributed by atoms with Crippen LogP contribution in [0.25, 0.3) is 0 Å². The number of sulfone groups is 1. The molecule has 102 valence electrons. The lowest BCUT2D eigenvalue weighted by Crippen LogP contribution is -2.48. The van der Waals surface area contributed by atoms with E-state index in [2.05, 4.69) is 26.1 Å². The van der Waals surface area contributed by atoms with E-state index >= 15 is 0 Å². The summed E-state index contributed by atoms with van der Waals surface area (Å²) in [5.41, 5.74) is 0. The highest BCUT2D eigenvalue weighted by molar-refractivity contribution is 7.92. The van der Waals surface area contributed by atoms with E-state index in [9.17, 15) is 8.42 Å². The van der Waals surface area contributed by atoms with Crippen LogP contribution in [-0.2, 0) is 9.84 Å². The van der Waals surface area contributed by atoms with Gasteiger partial charge in [0.05, 0.1) is 11.0 Å². The molecule has 3 nitrogen and oxygen atoms in total. The summed E-state index contributed by atoms with van der Waals surface area (Å²) in [6.07, 6.45) is 1.67. The van der Waals surface area contributed by atoms with Crippen LogP contribution < -0.4 is 5.32 Å². The Morgan fingerprint density at radius 3 is 2.29 bits per heavy atom. The van der Waals surface area contributed by atoms with Gasteiger partial charge in [-0.25, -0.2) is 8.42 Å². The van der Waals surface area contributed by atoms with Gasteiger partial charge in [-0.1, -0.05) is 27.7 Å². The molecule has 1 N–H and O–H groups in total. The van der Waals surface area contributed by atoms with E-state index in [0.29, 0.717) is 17.7 Å². The maximum absolute atomic E-state index is 12.3. The molecular weight excluding hydrogens is 234 g/mol. The van der Waals surface area contributed by atoms with Gasteiger partial charge in [-0.15, -0.1) is 0 Å². The summed E-state index contributed by atoms with van der Waals surface area (Å²) >= 11 is 0. The summed E-state index contributed by atoms with van der Waals surface area (Å²) in [5, 5.41) is 3.29. The average molecular weight is 261 g/mol. The second-order valence-corrected chi connectivity index (χ2v) is 8.45. The van der Waals surface area contributed by atoms with Gasteiger partial charge < -0.3 is 5.32 Å². The fourth-order valence-electron chi connectivity index (χ4n) is 2.86. The molecule has 1 fully saturated rings. The number of hydrogen-bond acceptors (Lipinski definition) is 3. The maximum atomic E-state index is 12.3. The Hall–Kier alpha value is -0.0900. The molecule has 3 atom stereocenters. The van der Waals surface area contributed by atoms with Crippen molar-refractivity contribution < 1.29 is 8.42 Å². The van der Waals surface area contributed by atoms with Crippen LogP contribution in [0.3, 0.4) is 0 Å². The largest absolute Gasteiger partial charge is 0.310 e. The Balaban J connectivity index is 3.01. The Labute approximate surface area is 106 Å². The molecule has 1 saturated heterocycles. The molecule has 4 heteroatoms. The third-order valence-electron chi connectivity index (χ3n) is 3.53. The van der Waals surface area contributed by atoms with Crippen LogP contribution in [0.5, 0.6) is 0 Å².